The number of piperazine rings is 1. The maximum Gasteiger partial charge on any atom is 0.389 e. The zero-order valence-corrected chi connectivity index (χ0v) is 10.8. The maximum absolute atomic E-state index is 12.1. The van der Waals surface area contributed by atoms with Gasteiger partial charge in [0.05, 0.1) is 6.42 Å². The van der Waals surface area contributed by atoms with Crippen LogP contribution in [0, 0.1) is 0 Å². The van der Waals surface area contributed by atoms with E-state index in [-0.39, 0.29) is 0 Å². The van der Waals surface area contributed by atoms with Gasteiger partial charge in [0.2, 0.25) is 11.9 Å². The third kappa shape index (κ3) is 4.07. The summed E-state index contributed by atoms with van der Waals surface area (Å²) < 4.78 is 36.2. The van der Waals surface area contributed by atoms with Crippen LogP contribution in [0.1, 0.15) is 12.8 Å². The van der Waals surface area contributed by atoms with Gasteiger partial charge in [0.25, 0.3) is 0 Å². The lowest BCUT2D eigenvalue weighted by Gasteiger charge is -2.34. The number of hydrogen-bond donors (Lipinski definition) is 0. The van der Waals surface area contributed by atoms with Crippen LogP contribution in [-0.4, -0.2) is 53.1 Å². The molecule has 5 nitrogen and oxygen atoms in total. The molecular weight excluding hydrogens is 273 g/mol. The fraction of sp³-hybridized carbons (Fsp3) is 0.583. The second-order valence-electron chi connectivity index (χ2n) is 4.53. The summed E-state index contributed by atoms with van der Waals surface area (Å²) in [6.45, 7) is 1.85. The smallest absolute Gasteiger partial charge is 0.339 e. The van der Waals surface area contributed by atoms with Gasteiger partial charge in [0, 0.05) is 45.0 Å². The van der Waals surface area contributed by atoms with Crippen LogP contribution < -0.4 is 4.90 Å². The summed E-state index contributed by atoms with van der Waals surface area (Å²) in [5.74, 6) is 0.130. The van der Waals surface area contributed by atoms with Crippen LogP contribution in [-0.2, 0) is 4.79 Å². The fourth-order valence-electron chi connectivity index (χ4n) is 2.02. The Morgan fingerprint density at radius 2 is 1.75 bits per heavy atom. The Balaban J connectivity index is 1.81. The van der Waals surface area contributed by atoms with Gasteiger partial charge in [-0.05, 0) is 6.07 Å². The molecule has 0 saturated carbocycles. The lowest BCUT2D eigenvalue weighted by Crippen LogP contribution is -2.49. The van der Waals surface area contributed by atoms with Crippen molar-refractivity contribution in [3.63, 3.8) is 0 Å². The lowest BCUT2D eigenvalue weighted by molar-refractivity contribution is -0.149. The Morgan fingerprint density at radius 3 is 2.30 bits per heavy atom. The molecule has 1 fully saturated rings. The van der Waals surface area contributed by atoms with E-state index in [4.69, 9.17) is 0 Å². The molecule has 1 saturated heterocycles. The molecule has 110 valence electrons. The predicted molar refractivity (Wildman–Crippen MR) is 66.1 cm³/mol. The largest absolute Gasteiger partial charge is 0.389 e. The van der Waals surface area contributed by atoms with Crippen molar-refractivity contribution >= 4 is 11.9 Å². The monoisotopic (exact) mass is 288 g/mol. The number of alkyl halides is 3. The SMILES string of the molecule is O=C(CCC(F)(F)F)N1CCN(c2ncccn2)CC1. The van der Waals surface area contributed by atoms with Gasteiger partial charge in [-0.3, -0.25) is 4.79 Å². The van der Waals surface area contributed by atoms with Gasteiger partial charge in [0.1, 0.15) is 0 Å². The molecule has 1 aromatic heterocycles. The molecule has 0 bridgehead atoms. The molecule has 0 spiro atoms. The molecule has 1 aliphatic heterocycles. The molecule has 1 amide bonds. The third-order valence-electron chi connectivity index (χ3n) is 3.09. The molecule has 2 rings (SSSR count). The fourth-order valence-corrected chi connectivity index (χ4v) is 2.02. The van der Waals surface area contributed by atoms with Gasteiger partial charge in [-0.25, -0.2) is 9.97 Å². The molecule has 0 aliphatic carbocycles. The van der Waals surface area contributed by atoms with E-state index in [2.05, 4.69) is 9.97 Å². The molecule has 0 aromatic carbocycles. The number of anilines is 1. The zero-order valence-electron chi connectivity index (χ0n) is 10.8. The molecule has 1 aliphatic rings. The summed E-state index contributed by atoms with van der Waals surface area (Å²) in [4.78, 5) is 23.2. The number of halogens is 3. The van der Waals surface area contributed by atoms with Crippen molar-refractivity contribution in [2.45, 2.75) is 19.0 Å². The minimum atomic E-state index is -4.28. The average molecular weight is 288 g/mol. The van der Waals surface area contributed by atoms with E-state index in [9.17, 15) is 18.0 Å². The van der Waals surface area contributed by atoms with Crippen LogP contribution in [0.4, 0.5) is 19.1 Å². The predicted octanol–water partition coefficient (Wildman–Crippen LogP) is 1.47. The molecule has 2 heterocycles. The molecule has 20 heavy (non-hydrogen) atoms. The van der Waals surface area contributed by atoms with Crippen LogP contribution in [0.3, 0.4) is 0 Å². The highest BCUT2D eigenvalue weighted by atomic mass is 19.4. The van der Waals surface area contributed by atoms with Crippen molar-refractivity contribution in [3.05, 3.63) is 18.5 Å². The van der Waals surface area contributed by atoms with Crippen LogP contribution in [0.5, 0.6) is 0 Å². The topological polar surface area (TPSA) is 49.3 Å². The van der Waals surface area contributed by atoms with Gasteiger partial charge < -0.3 is 9.80 Å². The number of carbonyl (C=O) groups excluding carboxylic acids is 1. The van der Waals surface area contributed by atoms with E-state index < -0.39 is 24.9 Å². The van der Waals surface area contributed by atoms with Gasteiger partial charge in [-0.2, -0.15) is 13.2 Å². The van der Waals surface area contributed by atoms with Crippen molar-refractivity contribution in [1.82, 2.24) is 14.9 Å². The van der Waals surface area contributed by atoms with Crippen molar-refractivity contribution in [3.8, 4) is 0 Å². The number of aromatic nitrogens is 2. The van der Waals surface area contributed by atoms with Crippen molar-refractivity contribution in [2.24, 2.45) is 0 Å². The summed E-state index contributed by atoms with van der Waals surface area (Å²) in [5.41, 5.74) is 0. The minimum Gasteiger partial charge on any atom is -0.339 e. The van der Waals surface area contributed by atoms with E-state index >= 15 is 0 Å². The zero-order chi connectivity index (χ0) is 14.6. The van der Waals surface area contributed by atoms with E-state index in [0.29, 0.717) is 32.1 Å². The third-order valence-corrected chi connectivity index (χ3v) is 3.09. The number of nitrogens with zero attached hydrogens (tertiary/aromatic N) is 4. The van der Waals surface area contributed by atoms with Crippen LogP contribution in [0.2, 0.25) is 0 Å². The minimum absolute atomic E-state index is 0.398. The quantitative estimate of drug-likeness (QED) is 0.845. The summed E-state index contributed by atoms with van der Waals surface area (Å²) >= 11 is 0. The van der Waals surface area contributed by atoms with Gasteiger partial charge in [-0.1, -0.05) is 0 Å². The van der Waals surface area contributed by atoms with E-state index in [1.165, 1.54) is 4.90 Å². The molecule has 1 aromatic rings. The highest BCUT2D eigenvalue weighted by Crippen LogP contribution is 2.22. The van der Waals surface area contributed by atoms with E-state index in [1.807, 2.05) is 4.90 Å². The molecular formula is C12H15F3N4O. The average Bonchev–Trinajstić information content (AvgIpc) is 2.45. The first kappa shape index (κ1) is 14.5. The number of amides is 1. The van der Waals surface area contributed by atoms with Crippen LogP contribution in [0.15, 0.2) is 18.5 Å². The Hall–Kier alpha value is -1.86. The Bertz CT molecular complexity index is 444. The van der Waals surface area contributed by atoms with E-state index in [0.717, 1.165) is 0 Å². The van der Waals surface area contributed by atoms with Gasteiger partial charge in [0.15, 0.2) is 0 Å². The number of hydrogen-bond acceptors (Lipinski definition) is 4. The molecule has 0 radical (unpaired) electrons. The number of carbonyl (C=O) groups is 1. The lowest BCUT2D eigenvalue weighted by atomic mass is 10.2. The second-order valence-corrected chi connectivity index (χ2v) is 4.53. The Labute approximate surface area is 114 Å². The normalized spacial score (nSPS) is 16.4. The Kier molecular flexibility index (Phi) is 4.41. The molecule has 0 atom stereocenters. The van der Waals surface area contributed by atoms with Crippen LogP contribution >= 0.6 is 0 Å². The number of rotatable bonds is 3. The van der Waals surface area contributed by atoms with Crippen molar-refractivity contribution < 1.29 is 18.0 Å². The molecule has 8 heteroatoms. The summed E-state index contributed by atoms with van der Waals surface area (Å²) in [6, 6.07) is 1.71. The van der Waals surface area contributed by atoms with Gasteiger partial charge in [-0.15, -0.1) is 0 Å². The van der Waals surface area contributed by atoms with Crippen molar-refractivity contribution in [1.29, 1.82) is 0 Å². The highest BCUT2D eigenvalue weighted by Gasteiger charge is 2.30. The van der Waals surface area contributed by atoms with E-state index in [1.54, 1.807) is 18.5 Å². The Morgan fingerprint density at radius 1 is 1.15 bits per heavy atom. The van der Waals surface area contributed by atoms with Crippen molar-refractivity contribution in [2.75, 3.05) is 31.1 Å². The summed E-state index contributed by atoms with van der Waals surface area (Å²) in [6.07, 6.45) is -2.57. The maximum atomic E-state index is 12.1. The highest BCUT2D eigenvalue weighted by molar-refractivity contribution is 5.76. The van der Waals surface area contributed by atoms with Crippen LogP contribution in [0.25, 0.3) is 0 Å². The summed E-state index contributed by atoms with van der Waals surface area (Å²) in [5, 5.41) is 0. The second kappa shape index (κ2) is 6.06. The van der Waals surface area contributed by atoms with Gasteiger partial charge >= 0.3 is 6.18 Å². The summed E-state index contributed by atoms with van der Waals surface area (Å²) in [7, 11) is 0. The first-order valence-corrected chi connectivity index (χ1v) is 6.32. The first-order valence-electron chi connectivity index (χ1n) is 6.32. The first-order chi connectivity index (χ1) is 9.46. The standard InChI is InChI=1S/C12H15F3N4O/c13-12(14,15)3-2-10(20)18-6-8-19(9-7-18)11-16-4-1-5-17-11/h1,4-5H,2-3,6-9H2. The molecule has 0 unspecified atom stereocenters. The molecule has 0 N–H and O–H groups in total.